The lowest BCUT2D eigenvalue weighted by molar-refractivity contribution is 0.356. The summed E-state index contributed by atoms with van der Waals surface area (Å²) in [6.07, 6.45) is 0. The van der Waals surface area contributed by atoms with Crippen molar-refractivity contribution in [2.45, 2.75) is 0 Å². The van der Waals surface area contributed by atoms with Crippen LogP contribution < -0.4 is 9.47 Å². The standard InChI is InChI=1S/C16H14BrNO2/c1-19-15-8-11-7-13(10-3-5-12(17)6-4-10)18-14(11)9-16(15)20-2/h3-9,18H,1-2H3. The molecule has 0 saturated heterocycles. The Balaban J connectivity index is 2.12. The van der Waals surface area contributed by atoms with Gasteiger partial charge in [0.2, 0.25) is 0 Å². The smallest absolute Gasteiger partial charge is 0.162 e. The lowest BCUT2D eigenvalue weighted by Gasteiger charge is -2.06. The van der Waals surface area contributed by atoms with Crippen LogP contribution in [0.25, 0.3) is 22.2 Å². The monoisotopic (exact) mass is 331 g/mol. The maximum atomic E-state index is 5.33. The van der Waals surface area contributed by atoms with E-state index in [1.54, 1.807) is 14.2 Å². The molecule has 3 aromatic rings. The summed E-state index contributed by atoms with van der Waals surface area (Å²) in [6.45, 7) is 0. The molecule has 1 aromatic heterocycles. The van der Waals surface area contributed by atoms with E-state index >= 15 is 0 Å². The first kappa shape index (κ1) is 13.1. The van der Waals surface area contributed by atoms with Gasteiger partial charge in [0.1, 0.15) is 0 Å². The normalized spacial score (nSPS) is 10.8. The van der Waals surface area contributed by atoms with Gasteiger partial charge in [-0.15, -0.1) is 0 Å². The van der Waals surface area contributed by atoms with E-state index in [4.69, 9.17) is 9.47 Å². The first-order valence-corrected chi connectivity index (χ1v) is 7.01. The van der Waals surface area contributed by atoms with Gasteiger partial charge in [0.05, 0.1) is 14.2 Å². The zero-order valence-electron chi connectivity index (χ0n) is 11.2. The van der Waals surface area contributed by atoms with Crippen LogP contribution in [0.5, 0.6) is 11.5 Å². The topological polar surface area (TPSA) is 34.2 Å². The number of methoxy groups -OCH3 is 2. The van der Waals surface area contributed by atoms with E-state index in [1.165, 1.54) is 0 Å². The molecule has 0 aliphatic carbocycles. The fraction of sp³-hybridized carbons (Fsp3) is 0.125. The number of rotatable bonds is 3. The van der Waals surface area contributed by atoms with Gasteiger partial charge in [-0.3, -0.25) is 0 Å². The largest absolute Gasteiger partial charge is 0.493 e. The third kappa shape index (κ3) is 2.27. The molecule has 0 fully saturated rings. The van der Waals surface area contributed by atoms with E-state index in [0.29, 0.717) is 0 Å². The van der Waals surface area contributed by atoms with Crippen molar-refractivity contribution in [1.82, 2.24) is 4.98 Å². The van der Waals surface area contributed by atoms with E-state index in [9.17, 15) is 0 Å². The minimum atomic E-state index is 0.726. The van der Waals surface area contributed by atoms with E-state index in [0.717, 1.165) is 38.1 Å². The van der Waals surface area contributed by atoms with Crippen LogP contribution in [0.2, 0.25) is 0 Å². The Bertz CT molecular complexity index is 706. The van der Waals surface area contributed by atoms with Crippen molar-refractivity contribution < 1.29 is 9.47 Å². The Labute approximate surface area is 125 Å². The van der Waals surface area contributed by atoms with E-state index < -0.39 is 0 Å². The fourth-order valence-electron chi connectivity index (χ4n) is 2.24. The van der Waals surface area contributed by atoms with Gasteiger partial charge in [-0.05, 0) is 29.8 Å². The number of aromatic amines is 1. The second-order valence-corrected chi connectivity index (χ2v) is 5.40. The highest BCUT2D eigenvalue weighted by Crippen LogP contribution is 2.34. The number of fused-ring (bicyclic) bond motifs is 1. The summed E-state index contributed by atoms with van der Waals surface area (Å²) in [5.74, 6) is 1.46. The highest BCUT2D eigenvalue weighted by Gasteiger charge is 2.09. The molecule has 1 heterocycles. The maximum Gasteiger partial charge on any atom is 0.162 e. The van der Waals surface area contributed by atoms with E-state index in [2.05, 4.69) is 39.1 Å². The number of nitrogens with one attached hydrogen (secondary N) is 1. The Morgan fingerprint density at radius 1 is 0.900 bits per heavy atom. The third-order valence-electron chi connectivity index (χ3n) is 3.28. The average molecular weight is 332 g/mol. The predicted octanol–water partition coefficient (Wildman–Crippen LogP) is 4.61. The number of H-pyrrole nitrogens is 1. The second-order valence-electron chi connectivity index (χ2n) is 4.48. The number of aromatic nitrogens is 1. The summed E-state index contributed by atoms with van der Waals surface area (Å²) in [7, 11) is 3.29. The van der Waals surface area contributed by atoms with Crippen LogP contribution >= 0.6 is 15.9 Å². The molecule has 1 N–H and O–H groups in total. The first-order valence-electron chi connectivity index (χ1n) is 6.22. The molecule has 0 aliphatic heterocycles. The molecular weight excluding hydrogens is 318 g/mol. The Hall–Kier alpha value is -1.94. The van der Waals surface area contributed by atoms with Gasteiger partial charge in [0.15, 0.2) is 11.5 Å². The van der Waals surface area contributed by atoms with Gasteiger partial charge in [-0.1, -0.05) is 28.1 Å². The maximum absolute atomic E-state index is 5.33. The van der Waals surface area contributed by atoms with Gasteiger partial charge in [0.25, 0.3) is 0 Å². The zero-order chi connectivity index (χ0) is 14.1. The highest BCUT2D eigenvalue weighted by atomic mass is 79.9. The number of ether oxygens (including phenoxy) is 2. The lowest BCUT2D eigenvalue weighted by atomic mass is 10.1. The summed E-state index contributed by atoms with van der Waals surface area (Å²) >= 11 is 3.45. The number of halogens is 1. The van der Waals surface area contributed by atoms with Crippen molar-refractivity contribution in [3.05, 3.63) is 46.9 Å². The summed E-state index contributed by atoms with van der Waals surface area (Å²) in [5, 5.41) is 1.10. The molecule has 2 aromatic carbocycles. The minimum absolute atomic E-state index is 0.726. The first-order chi connectivity index (χ1) is 9.71. The zero-order valence-corrected chi connectivity index (χ0v) is 12.8. The Morgan fingerprint density at radius 3 is 2.20 bits per heavy atom. The molecular formula is C16H14BrNO2. The van der Waals surface area contributed by atoms with E-state index in [1.807, 2.05) is 24.3 Å². The van der Waals surface area contributed by atoms with Crippen LogP contribution in [-0.2, 0) is 0 Å². The van der Waals surface area contributed by atoms with Crippen molar-refractivity contribution >= 4 is 26.8 Å². The van der Waals surface area contributed by atoms with Gasteiger partial charge in [0, 0.05) is 27.1 Å². The molecule has 4 heteroatoms. The summed E-state index contributed by atoms with van der Waals surface area (Å²) < 4.78 is 11.7. The summed E-state index contributed by atoms with van der Waals surface area (Å²) in [5.41, 5.74) is 3.24. The van der Waals surface area contributed by atoms with Gasteiger partial charge >= 0.3 is 0 Å². The molecule has 102 valence electrons. The predicted molar refractivity (Wildman–Crippen MR) is 84.5 cm³/mol. The quantitative estimate of drug-likeness (QED) is 0.760. The van der Waals surface area contributed by atoms with E-state index in [-0.39, 0.29) is 0 Å². The molecule has 0 radical (unpaired) electrons. The average Bonchev–Trinajstić information content (AvgIpc) is 2.89. The van der Waals surface area contributed by atoms with Crippen LogP contribution in [0.15, 0.2) is 46.9 Å². The molecule has 0 amide bonds. The molecule has 0 saturated carbocycles. The van der Waals surface area contributed by atoms with Crippen LogP contribution in [0.4, 0.5) is 0 Å². The number of hydrogen-bond acceptors (Lipinski definition) is 2. The summed E-state index contributed by atoms with van der Waals surface area (Å²) in [6, 6.07) is 14.3. The highest BCUT2D eigenvalue weighted by molar-refractivity contribution is 9.10. The van der Waals surface area contributed by atoms with Crippen molar-refractivity contribution in [2.75, 3.05) is 14.2 Å². The Kier molecular flexibility index (Phi) is 3.40. The third-order valence-corrected chi connectivity index (χ3v) is 3.81. The molecule has 3 nitrogen and oxygen atoms in total. The van der Waals surface area contributed by atoms with Gasteiger partial charge in [-0.25, -0.2) is 0 Å². The Morgan fingerprint density at radius 2 is 1.55 bits per heavy atom. The second kappa shape index (κ2) is 5.21. The van der Waals surface area contributed by atoms with Gasteiger partial charge in [-0.2, -0.15) is 0 Å². The number of benzene rings is 2. The molecule has 0 aliphatic rings. The molecule has 0 unspecified atom stereocenters. The van der Waals surface area contributed by atoms with Crippen molar-refractivity contribution in [2.24, 2.45) is 0 Å². The van der Waals surface area contributed by atoms with Crippen LogP contribution in [0.3, 0.4) is 0 Å². The lowest BCUT2D eigenvalue weighted by Crippen LogP contribution is -1.89. The van der Waals surface area contributed by atoms with Crippen LogP contribution in [0, 0.1) is 0 Å². The summed E-state index contributed by atoms with van der Waals surface area (Å²) in [4.78, 5) is 3.41. The van der Waals surface area contributed by atoms with Gasteiger partial charge < -0.3 is 14.5 Å². The minimum Gasteiger partial charge on any atom is -0.493 e. The molecule has 0 bridgehead atoms. The molecule has 3 rings (SSSR count). The number of hydrogen-bond donors (Lipinski definition) is 1. The molecule has 0 spiro atoms. The molecule has 0 atom stereocenters. The van der Waals surface area contributed by atoms with Crippen molar-refractivity contribution in [1.29, 1.82) is 0 Å². The van der Waals surface area contributed by atoms with Crippen molar-refractivity contribution in [3.8, 4) is 22.8 Å². The van der Waals surface area contributed by atoms with Crippen LogP contribution in [-0.4, -0.2) is 19.2 Å². The fourth-order valence-corrected chi connectivity index (χ4v) is 2.51. The van der Waals surface area contributed by atoms with Crippen LogP contribution in [0.1, 0.15) is 0 Å². The SMILES string of the molecule is COc1cc2cc(-c3ccc(Br)cc3)[nH]c2cc1OC. The van der Waals surface area contributed by atoms with Crippen molar-refractivity contribution in [3.63, 3.8) is 0 Å². The molecule has 20 heavy (non-hydrogen) atoms.